The number of allylic oxidation sites excluding steroid dienone is 1. The van der Waals surface area contributed by atoms with E-state index >= 15 is 0 Å². The topological polar surface area (TPSA) is 95.9 Å². The monoisotopic (exact) mass is 988 g/mol. The molecule has 416 valence electrons. The molecule has 2 unspecified atom stereocenters. The van der Waals surface area contributed by atoms with Gasteiger partial charge in [0.1, 0.15) is 0 Å². The average Bonchev–Trinajstić information content (AvgIpc) is 3.36. The predicted molar refractivity (Wildman–Crippen MR) is 306 cm³/mol. The predicted octanol–water partition coefficient (Wildman–Crippen LogP) is 20.0. The molecule has 1 amide bonds. The minimum absolute atomic E-state index is 0.0192. The van der Waals surface area contributed by atoms with Crippen molar-refractivity contribution in [3.8, 4) is 0 Å². The highest BCUT2D eigenvalue weighted by Gasteiger charge is 2.18. The molecule has 0 radical (unpaired) electrons. The molecule has 2 atom stereocenters. The number of carbonyl (C=O) groups excluding carboxylic acids is 2. The fourth-order valence-corrected chi connectivity index (χ4v) is 10.2. The van der Waals surface area contributed by atoms with Crippen molar-refractivity contribution in [3.63, 3.8) is 0 Å². The average molecular weight is 989 g/mol. The van der Waals surface area contributed by atoms with Gasteiger partial charge in [-0.15, -0.1) is 0 Å². The van der Waals surface area contributed by atoms with E-state index in [4.69, 9.17) is 4.74 Å². The van der Waals surface area contributed by atoms with Gasteiger partial charge in [0.15, 0.2) is 0 Å². The van der Waals surface area contributed by atoms with Crippen molar-refractivity contribution in [3.05, 3.63) is 12.2 Å². The van der Waals surface area contributed by atoms with Crippen molar-refractivity contribution in [1.29, 1.82) is 0 Å². The van der Waals surface area contributed by atoms with Crippen molar-refractivity contribution < 1.29 is 24.5 Å². The van der Waals surface area contributed by atoms with E-state index in [0.717, 1.165) is 38.5 Å². The van der Waals surface area contributed by atoms with Gasteiger partial charge in [0.2, 0.25) is 5.91 Å². The Morgan fingerprint density at radius 3 is 0.971 bits per heavy atom. The second-order valence-corrected chi connectivity index (χ2v) is 22.1. The molecule has 0 aromatic carbocycles. The summed E-state index contributed by atoms with van der Waals surface area (Å²) in [6, 6.07) is -0.625. The molecule has 0 bridgehead atoms. The molecule has 3 N–H and O–H groups in total. The van der Waals surface area contributed by atoms with Crippen LogP contribution in [0.1, 0.15) is 361 Å². The lowest BCUT2D eigenvalue weighted by atomic mass is 10.0. The quantitative estimate of drug-likeness (QED) is 0.0321. The number of hydrogen-bond donors (Lipinski definition) is 3. The standard InChI is InChI=1S/C64H125NO5/c1-3-5-7-9-11-13-15-16-17-18-24-28-31-34-38-42-46-50-54-58-64(69)70-59-55-51-47-43-39-35-32-29-26-23-21-19-20-22-25-27-30-33-37-41-45-49-53-57-63(68)65-61(60-66)62(67)56-52-48-44-40-36-14-12-10-8-6-4-2/h52,56,61-62,66-67H,3-51,53-55,57-60H2,1-2H3,(H,65,68)/b56-52+. The Morgan fingerprint density at radius 2 is 0.657 bits per heavy atom. The zero-order valence-corrected chi connectivity index (χ0v) is 47.5. The highest BCUT2D eigenvalue weighted by molar-refractivity contribution is 5.76. The number of carbonyl (C=O) groups is 2. The molecule has 0 rings (SSSR count). The van der Waals surface area contributed by atoms with Crippen LogP contribution in [0.4, 0.5) is 0 Å². The number of aliphatic hydroxyl groups is 2. The maximum atomic E-state index is 12.4. The first-order valence-electron chi connectivity index (χ1n) is 32.0. The van der Waals surface area contributed by atoms with Gasteiger partial charge < -0.3 is 20.3 Å². The van der Waals surface area contributed by atoms with Gasteiger partial charge in [0.05, 0.1) is 25.4 Å². The molecule has 0 aromatic rings. The molecule has 0 spiro atoms. The molecule has 70 heavy (non-hydrogen) atoms. The van der Waals surface area contributed by atoms with Crippen LogP contribution in [0.25, 0.3) is 0 Å². The number of amides is 1. The molecule has 0 fully saturated rings. The molecule has 0 saturated carbocycles. The number of nitrogens with one attached hydrogen (secondary N) is 1. The molecule has 0 aliphatic rings. The summed E-state index contributed by atoms with van der Waals surface area (Å²) in [6.07, 6.45) is 72.7. The molecular formula is C64H125NO5. The summed E-state index contributed by atoms with van der Waals surface area (Å²) in [5.74, 6) is -0.0478. The Labute approximate surface area is 438 Å². The Kier molecular flexibility index (Phi) is 59.0. The van der Waals surface area contributed by atoms with E-state index < -0.39 is 12.1 Å². The fraction of sp³-hybridized carbons (Fsp3) is 0.938. The van der Waals surface area contributed by atoms with Crippen LogP contribution in [0.15, 0.2) is 12.2 Å². The van der Waals surface area contributed by atoms with Crippen molar-refractivity contribution in [1.82, 2.24) is 5.32 Å². The maximum absolute atomic E-state index is 12.4. The number of unbranched alkanes of at least 4 members (excludes halogenated alkanes) is 49. The van der Waals surface area contributed by atoms with Crippen LogP contribution in [0, 0.1) is 0 Å². The second kappa shape index (κ2) is 60.2. The van der Waals surface area contributed by atoms with Crippen LogP contribution >= 0.6 is 0 Å². The Hall–Kier alpha value is -1.40. The van der Waals surface area contributed by atoms with Crippen molar-refractivity contribution in [2.75, 3.05) is 13.2 Å². The van der Waals surface area contributed by atoms with Crippen molar-refractivity contribution in [2.45, 2.75) is 373 Å². The maximum Gasteiger partial charge on any atom is 0.305 e. The van der Waals surface area contributed by atoms with Crippen LogP contribution in [0.3, 0.4) is 0 Å². The summed E-state index contributed by atoms with van der Waals surface area (Å²) < 4.78 is 5.51. The summed E-state index contributed by atoms with van der Waals surface area (Å²) >= 11 is 0. The molecule has 6 nitrogen and oxygen atoms in total. The Balaban J connectivity index is 3.33. The van der Waals surface area contributed by atoms with Gasteiger partial charge in [-0.25, -0.2) is 0 Å². The van der Waals surface area contributed by atoms with Gasteiger partial charge in [-0.3, -0.25) is 9.59 Å². The lowest BCUT2D eigenvalue weighted by Gasteiger charge is -2.20. The first kappa shape index (κ1) is 68.6. The minimum Gasteiger partial charge on any atom is -0.466 e. The zero-order chi connectivity index (χ0) is 50.7. The zero-order valence-electron chi connectivity index (χ0n) is 47.5. The van der Waals surface area contributed by atoms with Gasteiger partial charge in [0.25, 0.3) is 0 Å². The summed E-state index contributed by atoms with van der Waals surface area (Å²) in [4.78, 5) is 24.5. The van der Waals surface area contributed by atoms with Crippen LogP contribution in [0.5, 0.6) is 0 Å². The van der Waals surface area contributed by atoms with Gasteiger partial charge >= 0.3 is 5.97 Å². The van der Waals surface area contributed by atoms with E-state index in [2.05, 4.69) is 19.2 Å². The van der Waals surface area contributed by atoms with E-state index in [1.807, 2.05) is 6.08 Å². The Morgan fingerprint density at radius 1 is 0.386 bits per heavy atom. The van der Waals surface area contributed by atoms with Crippen molar-refractivity contribution in [2.24, 2.45) is 0 Å². The third-order valence-corrected chi connectivity index (χ3v) is 15.1. The summed E-state index contributed by atoms with van der Waals surface area (Å²) in [5.41, 5.74) is 0. The van der Waals surface area contributed by atoms with E-state index in [1.165, 1.54) is 295 Å². The molecule has 0 heterocycles. The van der Waals surface area contributed by atoms with E-state index in [0.29, 0.717) is 19.4 Å². The first-order valence-corrected chi connectivity index (χ1v) is 32.0. The SMILES string of the molecule is CCCCCCCCCCC/C=C/C(O)C(CO)NC(=O)CCCCCCCCCCCCCCCCCCCCCCCCCOC(=O)CCCCCCCCCCCCCCCCCCCCC. The third-order valence-electron chi connectivity index (χ3n) is 15.1. The largest absolute Gasteiger partial charge is 0.466 e. The van der Waals surface area contributed by atoms with Crippen LogP contribution in [0.2, 0.25) is 0 Å². The van der Waals surface area contributed by atoms with Crippen LogP contribution in [-0.2, 0) is 14.3 Å². The smallest absolute Gasteiger partial charge is 0.305 e. The van der Waals surface area contributed by atoms with E-state index in [9.17, 15) is 19.8 Å². The van der Waals surface area contributed by atoms with E-state index in [-0.39, 0.29) is 18.5 Å². The normalized spacial score (nSPS) is 12.6. The molecular weight excluding hydrogens is 863 g/mol. The molecule has 6 heteroatoms. The van der Waals surface area contributed by atoms with Crippen molar-refractivity contribution >= 4 is 11.9 Å². The summed E-state index contributed by atoms with van der Waals surface area (Å²) in [6.45, 7) is 4.92. The second-order valence-electron chi connectivity index (χ2n) is 22.1. The number of ether oxygens (including phenoxy) is 1. The van der Waals surface area contributed by atoms with Crippen LogP contribution in [-0.4, -0.2) is 47.4 Å². The molecule has 0 aliphatic heterocycles. The number of hydrogen-bond acceptors (Lipinski definition) is 5. The minimum atomic E-state index is -0.842. The highest BCUT2D eigenvalue weighted by atomic mass is 16.5. The summed E-state index contributed by atoms with van der Waals surface area (Å²) in [7, 11) is 0. The number of esters is 1. The third kappa shape index (κ3) is 55.9. The van der Waals surface area contributed by atoms with Gasteiger partial charge in [0, 0.05) is 12.8 Å². The first-order chi connectivity index (χ1) is 34.5. The molecule has 0 aromatic heterocycles. The lowest BCUT2D eigenvalue weighted by molar-refractivity contribution is -0.143. The van der Waals surface area contributed by atoms with Crippen LogP contribution < -0.4 is 5.32 Å². The van der Waals surface area contributed by atoms with Gasteiger partial charge in [-0.05, 0) is 32.1 Å². The summed E-state index contributed by atoms with van der Waals surface area (Å²) in [5, 5.41) is 23.0. The van der Waals surface area contributed by atoms with E-state index in [1.54, 1.807) is 6.08 Å². The molecule has 0 aliphatic carbocycles. The molecule has 0 saturated heterocycles. The fourth-order valence-electron chi connectivity index (χ4n) is 10.2. The number of aliphatic hydroxyl groups excluding tert-OH is 2. The van der Waals surface area contributed by atoms with Gasteiger partial charge in [-0.2, -0.15) is 0 Å². The number of rotatable bonds is 60. The van der Waals surface area contributed by atoms with Gasteiger partial charge in [-0.1, -0.05) is 328 Å². The highest BCUT2D eigenvalue weighted by Crippen LogP contribution is 2.18. The Bertz CT molecular complexity index is 1050. The lowest BCUT2D eigenvalue weighted by Crippen LogP contribution is -2.45.